The van der Waals surface area contributed by atoms with Crippen molar-refractivity contribution in [1.29, 1.82) is 5.26 Å². The Morgan fingerprint density at radius 1 is 1.09 bits per heavy atom. The molecule has 3 aromatic rings. The summed E-state index contributed by atoms with van der Waals surface area (Å²) in [4.78, 5) is 26.4. The van der Waals surface area contributed by atoms with E-state index >= 15 is 0 Å². The summed E-state index contributed by atoms with van der Waals surface area (Å²) in [5, 5.41) is 9.66. The summed E-state index contributed by atoms with van der Waals surface area (Å²) in [6.45, 7) is 2.53. The zero-order valence-electron chi connectivity index (χ0n) is 18.2. The number of benzene rings is 1. The van der Waals surface area contributed by atoms with Gasteiger partial charge in [-0.3, -0.25) is 9.20 Å². The predicted molar refractivity (Wildman–Crippen MR) is 120 cm³/mol. The lowest BCUT2D eigenvalue weighted by Gasteiger charge is -2.38. The molecule has 0 unspecified atom stereocenters. The number of rotatable bonds is 4. The van der Waals surface area contributed by atoms with E-state index in [9.17, 15) is 10.1 Å². The summed E-state index contributed by atoms with van der Waals surface area (Å²) in [6, 6.07) is 10.2. The van der Waals surface area contributed by atoms with Crippen LogP contribution in [0.2, 0.25) is 0 Å². The van der Waals surface area contributed by atoms with Gasteiger partial charge in [-0.25, -0.2) is 9.97 Å². The first-order chi connectivity index (χ1) is 15.6. The third-order valence-electron chi connectivity index (χ3n) is 6.74. The zero-order chi connectivity index (χ0) is 22.1. The van der Waals surface area contributed by atoms with E-state index in [1.54, 1.807) is 13.3 Å². The molecular weight excluding hydrogens is 404 g/mol. The van der Waals surface area contributed by atoms with E-state index < -0.39 is 5.41 Å². The Hall–Kier alpha value is -3.60. The van der Waals surface area contributed by atoms with Crippen LogP contribution < -0.4 is 9.64 Å². The number of anilines is 1. The number of carbonyl (C=O) groups is 1. The molecule has 0 N–H and O–H groups in total. The maximum atomic E-state index is 13.1. The number of nitrogens with zero attached hydrogens (tertiary/aromatic N) is 6. The van der Waals surface area contributed by atoms with Gasteiger partial charge in [0.1, 0.15) is 11.2 Å². The molecule has 2 fully saturated rings. The summed E-state index contributed by atoms with van der Waals surface area (Å²) < 4.78 is 7.31. The number of carbonyl (C=O) groups excluding carboxylic acids is 1. The molecule has 3 heterocycles. The lowest BCUT2D eigenvalue weighted by atomic mass is 9.86. The van der Waals surface area contributed by atoms with Crippen LogP contribution in [0.15, 0.2) is 42.9 Å². The fourth-order valence-corrected chi connectivity index (χ4v) is 4.88. The van der Waals surface area contributed by atoms with Crippen molar-refractivity contribution in [3.05, 3.63) is 42.9 Å². The van der Waals surface area contributed by atoms with Crippen molar-refractivity contribution in [3.63, 3.8) is 0 Å². The van der Waals surface area contributed by atoms with E-state index in [1.165, 1.54) is 0 Å². The summed E-state index contributed by atoms with van der Waals surface area (Å²) in [5.41, 5.74) is 1.97. The Balaban J connectivity index is 1.36. The van der Waals surface area contributed by atoms with Gasteiger partial charge in [0.05, 0.1) is 25.1 Å². The topological polar surface area (TPSA) is 86.8 Å². The third-order valence-corrected chi connectivity index (χ3v) is 6.74. The van der Waals surface area contributed by atoms with Crippen LogP contribution >= 0.6 is 0 Å². The van der Waals surface area contributed by atoms with Crippen molar-refractivity contribution >= 4 is 17.4 Å². The number of ether oxygens (including phenoxy) is 1. The Bertz CT molecular complexity index is 1170. The van der Waals surface area contributed by atoms with E-state index in [-0.39, 0.29) is 5.91 Å². The number of fused-ring (bicyclic) bond motifs is 1. The van der Waals surface area contributed by atoms with Gasteiger partial charge in [-0.1, -0.05) is 12.8 Å². The monoisotopic (exact) mass is 430 g/mol. The molecular formula is C24H26N6O2. The lowest BCUT2D eigenvalue weighted by Crippen LogP contribution is -2.52. The molecule has 1 saturated heterocycles. The second-order valence-electron chi connectivity index (χ2n) is 8.50. The maximum Gasteiger partial charge on any atom is 0.243 e. The number of amides is 1. The van der Waals surface area contributed by atoms with Crippen molar-refractivity contribution in [2.75, 3.05) is 38.2 Å². The molecule has 32 heavy (non-hydrogen) atoms. The third kappa shape index (κ3) is 3.34. The van der Waals surface area contributed by atoms with Gasteiger partial charge in [0.2, 0.25) is 5.91 Å². The second kappa shape index (κ2) is 8.15. The number of nitriles is 1. The van der Waals surface area contributed by atoms with E-state index in [1.807, 2.05) is 46.0 Å². The first-order valence-corrected chi connectivity index (χ1v) is 11.1. The van der Waals surface area contributed by atoms with E-state index in [4.69, 9.17) is 9.72 Å². The summed E-state index contributed by atoms with van der Waals surface area (Å²) >= 11 is 0. The minimum absolute atomic E-state index is 0.00548. The Labute approximate surface area is 187 Å². The molecule has 8 heteroatoms. The number of hydrogen-bond donors (Lipinski definition) is 0. The van der Waals surface area contributed by atoms with Gasteiger partial charge < -0.3 is 14.5 Å². The quantitative estimate of drug-likeness (QED) is 0.632. The van der Waals surface area contributed by atoms with Crippen LogP contribution in [0.25, 0.3) is 16.9 Å². The van der Waals surface area contributed by atoms with E-state index in [0.29, 0.717) is 39.0 Å². The molecule has 0 atom stereocenters. The number of hydrogen-bond acceptors (Lipinski definition) is 6. The minimum atomic E-state index is -0.809. The van der Waals surface area contributed by atoms with Crippen molar-refractivity contribution in [3.8, 4) is 23.1 Å². The van der Waals surface area contributed by atoms with Gasteiger partial charge >= 0.3 is 0 Å². The van der Waals surface area contributed by atoms with Gasteiger partial charge in [-0.15, -0.1) is 0 Å². The van der Waals surface area contributed by atoms with E-state index in [2.05, 4.69) is 16.0 Å². The van der Waals surface area contributed by atoms with Crippen LogP contribution in [0.4, 0.5) is 5.82 Å². The van der Waals surface area contributed by atoms with Crippen molar-refractivity contribution in [2.45, 2.75) is 25.7 Å². The average Bonchev–Trinajstić information content (AvgIpc) is 3.54. The standard InChI is InChI=1S/C24H26N6O2/c1-32-19-6-4-18(5-7-19)20-16-27-21(22-26-10-11-30(20)22)28-12-14-29(15-13-28)23(31)24(17-25)8-2-3-9-24/h4-7,10-11,16H,2-3,8-9,12-15H2,1H3. The lowest BCUT2D eigenvalue weighted by molar-refractivity contribution is -0.139. The van der Waals surface area contributed by atoms with Gasteiger partial charge in [0.15, 0.2) is 11.5 Å². The van der Waals surface area contributed by atoms with Crippen LogP contribution in [-0.2, 0) is 4.79 Å². The van der Waals surface area contributed by atoms with Crippen LogP contribution in [0.3, 0.4) is 0 Å². The molecule has 2 aliphatic rings. The van der Waals surface area contributed by atoms with Crippen molar-refractivity contribution in [2.24, 2.45) is 5.41 Å². The van der Waals surface area contributed by atoms with Crippen LogP contribution in [-0.4, -0.2) is 58.5 Å². The molecule has 2 aromatic heterocycles. The molecule has 8 nitrogen and oxygen atoms in total. The highest BCUT2D eigenvalue weighted by Crippen LogP contribution is 2.39. The van der Waals surface area contributed by atoms with Crippen molar-refractivity contribution < 1.29 is 9.53 Å². The zero-order valence-corrected chi connectivity index (χ0v) is 18.2. The molecule has 1 aliphatic heterocycles. The fourth-order valence-electron chi connectivity index (χ4n) is 4.88. The van der Waals surface area contributed by atoms with Crippen LogP contribution in [0, 0.1) is 16.7 Å². The van der Waals surface area contributed by atoms with Gasteiger partial charge in [0, 0.05) is 44.1 Å². The Morgan fingerprint density at radius 2 is 1.81 bits per heavy atom. The number of piperazine rings is 1. The molecule has 164 valence electrons. The molecule has 1 amide bonds. The smallest absolute Gasteiger partial charge is 0.243 e. The first kappa shape index (κ1) is 20.3. The largest absolute Gasteiger partial charge is 0.497 e. The van der Waals surface area contributed by atoms with Gasteiger partial charge in [-0.05, 0) is 37.1 Å². The molecule has 0 bridgehead atoms. The molecule has 5 rings (SSSR count). The fraction of sp³-hybridized carbons (Fsp3) is 0.417. The molecule has 1 aromatic carbocycles. The molecule has 0 radical (unpaired) electrons. The summed E-state index contributed by atoms with van der Waals surface area (Å²) in [5.74, 6) is 1.63. The first-order valence-electron chi connectivity index (χ1n) is 11.1. The van der Waals surface area contributed by atoms with E-state index in [0.717, 1.165) is 41.3 Å². The van der Waals surface area contributed by atoms with Gasteiger partial charge in [0.25, 0.3) is 0 Å². The highest BCUT2D eigenvalue weighted by molar-refractivity contribution is 5.86. The molecule has 1 aliphatic carbocycles. The average molecular weight is 431 g/mol. The summed E-state index contributed by atoms with van der Waals surface area (Å²) in [7, 11) is 1.65. The number of aromatic nitrogens is 3. The van der Waals surface area contributed by atoms with Crippen LogP contribution in [0.5, 0.6) is 5.75 Å². The number of methoxy groups -OCH3 is 1. The van der Waals surface area contributed by atoms with Gasteiger partial charge in [-0.2, -0.15) is 5.26 Å². The predicted octanol–water partition coefficient (Wildman–Crippen LogP) is 3.14. The molecule has 0 spiro atoms. The highest BCUT2D eigenvalue weighted by Gasteiger charge is 2.44. The maximum absolute atomic E-state index is 13.1. The van der Waals surface area contributed by atoms with Crippen LogP contribution in [0.1, 0.15) is 25.7 Å². The highest BCUT2D eigenvalue weighted by atomic mass is 16.5. The second-order valence-corrected chi connectivity index (χ2v) is 8.50. The van der Waals surface area contributed by atoms with Crippen molar-refractivity contribution in [1.82, 2.24) is 19.3 Å². The minimum Gasteiger partial charge on any atom is -0.497 e. The normalized spacial score (nSPS) is 18.0. The Morgan fingerprint density at radius 3 is 2.47 bits per heavy atom. The summed E-state index contributed by atoms with van der Waals surface area (Å²) in [6.07, 6.45) is 8.88. The SMILES string of the molecule is COc1ccc(-c2cnc(N3CCN(C(=O)C4(C#N)CCCC4)CC3)c3nccn23)cc1. The number of imidazole rings is 1. The Kier molecular flexibility index (Phi) is 5.17. The molecule has 1 saturated carbocycles.